The summed E-state index contributed by atoms with van der Waals surface area (Å²) in [5.41, 5.74) is 3.16. The van der Waals surface area contributed by atoms with Gasteiger partial charge in [0.05, 0.1) is 23.4 Å². The quantitative estimate of drug-likeness (QED) is 0.220. The van der Waals surface area contributed by atoms with Gasteiger partial charge in [0, 0.05) is 16.8 Å². The number of hydrogen-bond acceptors (Lipinski definition) is 5. The van der Waals surface area contributed by atoms with Crippen LogP contribution in [0.5, 0.6) is 0 Å². The third-order valence-corrected chi connectivity index (χ3v) is 6.35. The summed E-state index contributed by atoms with van der Waals surface area (Å²) in [4.78, 5) is 13.4. The number of pyridine rings is 2. The molecule has 0 aliphatic carbocycles. The molecule has 4 aromatic heterocycles. The predicted octanol–water partition coefficient (Wildman–Crippen LogP) is 5.79. The zero-order chi connectivity index (χ0) is 27.2. The summed E-state index contributed by atoms with van der Waals surface area (Å²) in [6.45, 7) is 24.3. The second-order valence-corrected chi connectivity index (χ2v) is 11.7. The van der Waals surface area contributed by atoms with E-state index in [2.05, 4.69) is 101 Å². The van der Waals surface area contributed by atoms with Crippen LogP contribution in [0.15, 0.2) is 36.4 Å². The minimum absolute atomic E-state index is 0. The molecule has 0 amide bonds. The molecule has 8 nitrogen and oxygen atoms in total. The van der Waals surface area contributed by atoms with E-state index in [0.29, 0.717) is 11.6 Å². The van der Waals surface area contributed by atoms with Crippen molar-refractivity contribution in [3.05, 3.63) is 88.4 Å². The first-order valence-electron chi connectivity index (χ1n) is 12.0. The molecule has 0 spiro atoms. The Morgan fingerprint density at radius 1 is 0.789 bits per heavy atom. The smallest absolute Gasteiger partial charge is 0.342 e. The monoisotopic (exact) mass is 596 g/mol. The molecule has 0 fully saturated rings. The number of nitriles is 1. The molecule has 0 bridgehead atoms. The van der Waals surface area contributed by atoms with Crippen LogP contribution < -0.4 is 0 Å². The SMILES string of the molecule is [C-]#[N+]c1c[c-]n(-c2cc(C(C)(C)C)cc(C(C)(C)c3cc(C(C)(C)C)cc(-n4[c-]cc(C#N)n4)n3)n2)n1.[Pd+2]. The van der Waals surface area contributed by atoms with Crippen molar-refractivity contribution < 1.29 is 20.4 Å². The molecular weight excluding hydrogens is 567 g/mol. The molecule has 4 heterocycles. The van der Waals surface area contributed by atoms with E-state index in [-0.39, 0.29) is 42.8 Å². The van der Waals surface area contributed by atoms with Crippen molar-refractivity contribution in [1.82, 2.24) is 29.5 Å². The van der Waals surface area contributed by atoms with Crippen LogP contribution in [0.2, 0.25) is 0 Å². The van der Waals surface area contributed by atoms with E-state index in [1.807, 2.05) is 12.1 Å². The normalized spacial score (nSPS) is 11.9. The van der Waals surface area contributed by atoms with Gasteiger partial charge in [0.2, 0.25) is 0 Å². The van der Waals surface area contributed by atoms with Gasteiger partial charge in [-0.1, -0.05) is 66.4 Å². The third-order valence-electron chi connectivity index (χ3n) is 6.35. The molecule has 0 aliphatic rings. The van der Waals surface area contributed by atoms with E-state index >= 15 is 0 Å². The standard InChI is InChI=1S/C29H30N8.Pd/c1-27(2,3)19-14-22(32-25(16-19)36-12-10-21(18-30)34-36)29(7,8)23-15-20(28(4,5)6)17-26(33-23)37-13-11-24(31-9)35-37;/h10-11,14-17H,1-8H3;/q-2;+2. The third kappa shape index (κ3) is 5.76. The van der Waals surface area contributed by atoms with E-state index in [9.17, 15) is 5.26 Å². The molecule has 196 valence electrons. The van der Waals surface area contributed by atoms with Gasteiger partial charge in [-0.05, 0) is 65.3 Å². The number of aromatic nitrogens is 6. The molecule has 0 aromatic carbocycles. The van der Waals surface area contributed by atoms with Crippen LogP contribution in [-0.4, -0.2) is 29.5 Å². The van der Waals surface area contributed by atoms with E-state index in [1.54, 1.807) is 12.1 Å². The second kappa shape index (κ2) is 10.3. The van der Waals surface area contributed by atoms with Crippen molar-refractivity contribution in [2.24, 2.45) is 0 Å². The fraction of sp³-hybridized carbons (Fsp3) is 0.379. The van der Waals surface area contributed by atoms with Crippen molar-refractivity contribution in [3.63, 3.8) is 0 Å². The minimum Gasteiger partial charge on any atom is -0.342 e. The Bertz CT molecular complexity index is 1430. The summed E-state index contributed by atoms with van der Waals surface area (Å²) in [5.74, 6) is 1.45. The molecule has 4 rings (SSSR count). The molecule has 0 aliphatic heterocycles. The molecule has 0 N–H and O–H groups in total. The summed E-state index contributed by atoms with van der Waals surface area (Å²) in [7, 11) is 0. The average molecular weight is 597 g/mol. The van der Waals surface area contributed by atoms with Gasteiger partial charge in [0.15, 0.2) is 0 Å². The molecule has 0 saturated heterocycles. The Morgan fingerprint density at radius 3 is 1.66 bits per heavy atom. The van der Waals surface area contributed by atoms with Gasteiger partial charge in [-0.2, -0.15) is 0 Å². The molecule has 0 unspecified atom stereocenters. The molecule has 4 aromatic rings. The molecule has 0 atom stereocenters. The van der Waals surface area contributed by atoms with E-state index < -0.39 is 5.41 Å². The summed E-state index contributed by atoms with van der Waals surface area (Å²) >= 11 is 0. The van der Waals surface area contributed by atoms with Crippen LogP contribution in [0, 0.1) is 30.3 Å². The minimum atomic E-state index is -0.604. The van der Waals surface area contributed by atoms with Crippen LogP contribution in [-0.2, 0) is 36.7 Å². The van der Waals surface area contributed by atoms with Gasteiger partial charge in [0.1, 0.15) is 0 Å². The van der Waals surface area contributed by atoms with Gasteiger partial charge < -0.3 is 9.53 Å². The summed E-state index contributed by atoms with van der Waals surface area (Å²) in [6, 6.07) is 13.4. The van der Waals surface area contributed by atoms with Gasteiger partial charge in [-0.25, -0.2) is 15.0 Å². The van der Waals surface area contributed by atoms with E-state index in [4.69, 9.17) is 16.5 Å². The molecule has 38 heavy (non-hydrogen) atoms. The first kappa shape index (κ1) is 28.9. The van der Waals surface area contributed by atoms with Crippen LogP contribution in [0.25, 0.3) is 16.5 Å². The number of hydrogen-bond donors (Lipinski definition) is 0. The van der Waals surface area contributed by atoms with Crippen LogP contribution in [0.4, 0.5) is 5.82 Å². The first-order valence-corrected chi connectivity index (χ1v) is 12.0. The van der Waals surface area contributed by atoms with Crippen LogP contribution in [0.1, 0.15) is 83.6 Å². The fourth-order valence-electron chi connectivity index (χ4n) is 3.80. The van der Waals surface area contributed by atoms with Gasteiger partial charge in [0.25, 0.3) is 0 Å². The second-order valence-electron chi connectivity index (χ2n) is 11.7. The summed E-state index contributed by atoms with van der Waals surface area (Å²) in [6.07, 6.45) is 6.01. The largest absolute Gasteiger partial charge is 2.00 e. The van der Waals surface area contributed by atoms with Crippen LogP contribution in [0.3, 0.4) is 0 Å². The maximum Gasteiger partial charge on any atom is 2.00 e. The maximum absolute atomic E-state index is 9.24. The van der Waals surface area contributed by atoms with Gasteiger partial charge >= 0.3 is 26.2 Å². The Balaban J connectivity index is 0.00000400. The Hall–Kier alpha value is -3.64. The van der Waals surface area contributed by atoms with Gasteiger partial charge in [-0.15, -0.1) is 6.07 Å². The first-order chi connectivity index (χ1) is 17.2. The van der Waals surface area contributed by atoms with Crippen molar-refractivity contribution in [3.8, 4) is 17.7 Å². The van der Waals surface area contributed by atoms with Gasteiger partial charge in [-0.3, -0.25) is 9.97 Å². The Labute approximate surface area is 238 Å². The summed E-state index contributed by atoms with van der Waals surface area (Å²) < 4.78 is 3.04. The van der Waals surface area contributed by atoms with E-state index in [1.165, 1.54) is 9.36 Å². The zero-order valence-corrected chi connectivity index (χ0v) is 24.4. The Kier molecular flexibility index (Phi) is 7.81. The fourth-order valence-corrected chi connectivity index (χ4v) is 3.80. The topological polar surface area (TPSA) is 89.6 Å². The van der Waals surface area contributed by atoms with Crippen molar-refractivity contribution in [1.29, 1.82) is 5.26 Å². The molecule has 9 heteroatoms. The molecule has 0 saturated carbocycles. The Morgan fingerprint density at radius 2 is 1.26 bits per heavy atom. The number of nitrogens with zero attached hydrogens (tertiary/aromatic N) is 8. The number of rotatable bonds is 4. The van der Waals surface area contributed by atoms with Crippen LogP contribution >= 0.6 is 0 Å². The average Bonchev–Trinajstić information content (AvgIpc) is 3.52. The molecular formula is C29H30N8Pd. The predicted molar refractivity (Wildman–Crippen MR) is 141 cm³/mol. The van der Waals surface area contributed by atoms with Crippen molar-refractivity contribution >= 4 is 5.82 Å². The molecule has 0 radical (unpaired) electrons. The van der Waals surface area contributed by atoms with E-state index in [0.717, 1.165) is 22.5 Å². The summed E-state index contributed by atoms with van der Waals surface area (Å²) in [5, 5.41) is 17.9. The maximum atomic E-state index is 9.24. The van der Waals surface area contributed by atoms with Crippen molar-refractivity contribution in [2.75, 3.05) is 0 Å². The van der Waals surface area contributed by atoms with Crippen molar-refractivity contribution in [2.45, 2.75) is 71.6 Å². The zero-order valence-electron chi connectivity index (χ0n) is 22.9.